The molecule has 4 rings (SSSR count). The standard InChI is InChI=1S/C21H22N2O3/c24-21(25)20(23-10-4-5-11-23)18-13-22-19-12-16(8-9-17(18)19)26-14-15-6-2-1-3-7-15/h1-3,6-9,12-13,20,22H,4-5,10-11,14H2,(H,24,25). The van der Waals surface area contributed by atoms with E-state index in [0.29, 0.717) is 6.61 Å². The molecule has 5 heteroatoms. The van der Waals surface area contributed by atoms with Crippen molar-refractivity contribution >= 4 is 16.9 Å². The lowest BCUT2D eigenvalue weighted by Gasteiger charge is -2.23. The van der Waals surface area contributed by atoms with E-state index >= 15 is 0 Å². The number of aromatic amines is 1. The fourth-order valence-corrected chi connectivity index (χ4v) is 3.67. The van der Waals surface area contributed by atoms with Gasteiger partial charge in [0.1, 0.15) is 18.4 Å². The highest BCUT2D eigenvalue weighted by molar-refractivity contribution is 5.90. The number of fused-ring (bicyclic) bond motifs is 1. The molecule has 0 saturated carbocycles. The molecule has 1 fully saturated rings. The molecule has 26 heavy (non-hydrogen) atoms. The number of hydrogen-bond donors (Lipinski definition) is 2. The second-order valence-corrected chi connectivity index (χ2v) is 6.71. The number of H-pyrrole nitrogens is 1. The molecule has 1 aliphatic rings. The van der Waals surface area contributed by atoms with Crippen LogP contribution < -0.4 is 4.74 Å². The number of aliphatic carboxylic acids is 1. The van der Waals surface area contributed by atoms with Crippen molar-refractivity contribution in [2.45, 2.75) is 25.5 Å². The summed E-state index contributed by atoms with van der Waals surface area (Å²) in [5.74, 6) is -0.0278. The number of nitrogens with one attached hydrogen (secondary N) is 1. The van der Waals surface area contributed by atoms with Crippen molar-refractivity contribution in [3.63, 3.8) is 0 Å². The molecule has 0 amide bonds. The summed E-state index contributed by atoms with van der Waals surface area (Å²) in [6, 6.07) is 15.2. The van der Waals surface area contributed by atoms with Gasteiger partial charge >= 0.3 is 5.97 Å². The van der Waals surface area contributed by atoms with Gasteiger partial charge in [-0.2, -0.15) is 0 Å². The molecule has 1 aromatic heterocycles. The minimum absolute atomic E-state index is 0.505. The second-order valence-electron chi connectivity index (χ2n) is 6.71. The van der Waals surface area contributed by atoms with Crippen LogP contribution in [0.15, 0.2) is 54.7 Å². The van der Waals surface area contributed by atoms with Gasteiger partial charge in [0.05, 0.1) is 0 Å². The van der Waals surface area contributed by atoms with Crippen LogP contribution in [-0.2, 0) is 11.4 Å². The number of carboxylic acids is 1. The first-order valence-corrected chi connectivity index (χ1v) is 8.97. The number of hydrogen-bond acceptors (Lipinski definition) is 3. The van der Waals surface area contributed by atoms with Gasteiger partial charge < -0.3 is 14.8 Å². The normalized spacial score (nSPS) is 16.0. The third-order valence-electron chi connectivity index (χ3n) is 4.97. The van der Waals surface area contributed by atoms with Crippen molar-refractivity contribution in [3.05, 3.63) is 65.9 Å². The van der Waals surface area contributed by atoms with E-state index in [2.05, 4.69) is 4.98 Å². The van der Waals surface area contributed by atoms with E-state index in [1.165, 1.54) is 0 Å². The zero-order chi connectivity index (χ0) is 17.9. The predicted octanol–water partition coefficient (Wildman–Crippen LogP) is 3.97. The van der Waals surface area contributed by atoms with Gasteiger partial charge in [0.15, 0.2) is 0 Å². The smallest absolute Gasteiger partial charge is 0.325 e. The van der Waals surface area contributed by atoms with E-state index in [1.807, 2.05) is 59.6 Å². The number of benzene rings is 2. The highest BCUT2D eigenvalue weighted by atomic mass is 16.5. The largest absolute Gasteiger partial charge is 0.489 e. The summed E-state index contributed by atoms with van der Waals surface area (Å²) in [7, 11) is 0. The first kappa shape index (κ1) is 16.7. The topological polar surface area (TPSA) is 65.6 Å². The summed E-state index contributed by atoms with van der Waals surface area (Å²) in [6.07, 6.45) is 3.94. The van der Waals surface area contributed by atoms with Crippen LogP contribution in [0, 0.1) is 0 Å². The molecule has 2 aromatic carbocycles. The van der Waals surface area contributed by atoms with Gasteiger partial charge in [-0.25, -0.2) is 0 Å². The van der Waals surface area contributed by atoms with Crippen molar-refractivity contribution < 1.29 is 14.6 Å². The zero-order valence-corrected chi connectivity index (χ0v) is 14.5. The maximum absolute atomic E-state index is 11.9. The van der Waals surface area contributed by atoms with Crippen molar-refractivity contribution in [2.75, 3.05) is 13.1 Å². The summed E-state index contributed by atoms with van der Waals surface area (Å²) in [5, 5.41) is 10.7. The van der Waals surface area contributed by atoms with Crippen LogP contribution in [0.25, 0.3) is 10.9 Å². The molecule has 0 spiro atoms. The Bertz CT molecular complexity index is 898. The molecule has 1 unspecified atom stereocenters. The van der Waals surface area contributed by atoms with Crippen LogP contribution in [0.3, 0.4) is 0 Å². The van der Waals surface area contributed by atoms with Crippen LogP contribution >= 0.6 is 0 Å². The van der Waals surface area contributed by atoms with E-state index in [-0.39, 0.29) is 0 Å². The Morgan fingerprint density at radius 1 is 1.15 bits per heavy atom. The maximum Gasteiger partial charge on any atom is 0.325 e. The number of ether oxygens (including phenoxy) is 1. The van der Waals surface area contributed by atoms with Gasteiger partial charge in [0, 0.05) is 28.7 Å². The van der Waals surface area contributed by atoms with Gasteiger partial charge in [-0.1, -0.05) is 30.3 Å². The average molecular weight is 350 g/mol. The van der Waals surface area contributed by atoms with E-state index in [1.54, 1.807) is 0 Å². The molecule has 0 bridgehead atoms. The Morgan fingerprint density at radius 2 is 1.92 bits per heavy atom. The van der Waals surface area contributed by atoms with Crippen molar-refractivity contribution in [3.8, 4) is 5.75 Å². The first-order chi connectivity index (χ1) is 12.7. The SMILES string of the molecule is O=C(O)C(c1c[nH]c2cc(OCc3ccccc3)ccc12)N1CCCC1. The zero-order valence-electron chi connectivity index (χ0n) is 14.5. The molecule has 3 aromatic rings. The van der Waals surface area contributed by atoms with E-state index < -0.39 is 12.0 Å². The van der Waals surface area contributed by atoms with Crippen LogP contribution in [0.5, 0.6) is 5.75 Å². The molecule has 5 nitrogen and oxygen atoms in total. The molecule has 0 radical (unpaired) electrons. The lowest BCUT2D eigenvalue weighted by Crippen LogP contribution is -2.31. The van der Waals surface area contributed by atoms with Crippen LogP contribution in [-0.4, -0.2) is 34.0 Å². The van der Waals surface area contributed by atoms with Gasteiger partial charge in [-0.3, -0.25) is 9.69 Å². The quantitative estimate of drug-likeness (QED) is 0.706. The fraction of sp³-hybridized carbons (Fsp3) is 0.286. The molecule has 1 saturated heterocycles. The number of nitrogens with zero attached hydrogens (tertiary/aromatic N) is 1. The minimum Gasteiger partial charge on any atom is -0.489 e. The number of rotatable bonds is 6. The molecular formula is C21H22N2O3. The summed E-state index contributed by atoms with van der Waals surface area (Å²) >= 11 is 0. The number of aromatic nitrogens is 1. The Hall–Kier alpha value is -2.79. The van der Waals surface area contributed by atoms with Crippen LogP contribution in [0.4, 0.5) is 0 Å². The fourth-order valence-electron chi connectivity index (χ4n) is 3.67. The molecular weight excluding hydrogens is 328 g/mol. The minimum atomic E-state index is -0.794. The van der Waals surface area contributed by atoms with E-state index in [4.69, 9.17) is 4.74 Å². The van der Waals surface area contributed by atoms with Crippen LogP contribution in [0.2, 0.25) is 0 Å². The number of carbonyl (C=O) groups is 1. The van der Waals surface area contributed by atoms with Gasteiger partial charge in [0.25, 0.3) is 0 Å². The highest BCUT2D eigenvalue weighted by Gasteiger charge is 2.31. The lowest BCUT2D eigenvalue weighted by atomic mass is 10.0. The highest BCUT2D eigenvalue weighted by Crippen LogP contribution is 2.32. The summed E-state index contributed by atoms with van der Waals surface area (Å²) in [6.45, 7) is 2.18. The van der Waals surface area contributed by atoms with Crippen molar-refractivity contribution in [1.29, 1.82) is 0 Å². The third-order valence-corrected chi connectivity index (χ3v) is 4.97. The Balaban J connectivity index is 1.57. The van der Waals surface area contributed by atoms with Gasteiger partial charge in [-0.15, -0.1) is 0 Å². The molecule has 2 heterocycles. The Kier molecular flexibility index (Phi) is 4.63. The molecule has 134 valence electrons. The van der Waals surface area contributed by atoms with Gasteiger partial charge in [0.2, 0.25) is 0 Å². The average Bonchev–Trinajstić information content (AvgIpc) is 3.31. The molecule has 2 N–H and O–H groups in total. The first-order valence-electron chi connectivity index (χ1n) is 8.97. The van der Waals surface area contributed by atoms with E-state index in [0.717, 1.165) is 53.7 Å². The summed E-state index contributed by atoms with van der Waals surface area (Å²) in [4.78, 5) is 17.1. The molecule has 1 atom stereocenters. The third kappa shape index (κ3) is 3.30. The number of carboxylic acid groups (broad SMARTS) is 1. The van der Waals surface area contributed by atoms with Gasteiger partial charge in [-0.05, 0) is 43.6 Å². The predicted molar refractivity (Wildman–Crippen MR) is 100 cm³/mol. The molecule has 1 aliphatic heterocycles. The Labute approximate surface area is 152 Å². The van der Waals surface area contributed by atoms with Crippen molar-refractivity contribution in [2.24, 2.45) is 0 Å². The van der Waals surface area contributed by atoms with Crippen LogP contribution in [0.1, 0.15) is 30.0 Å². The van der Waals surface area contributed by atoms with Crippen molar-refractivity contribution in [1.82, 2.24) is 9.88 Å². The Morgan fingerprint density at radius 3 is 2.65 bits per heavy atom. The monoisotopic (exact) mass is 350 g/mol. The summed E-state index contributed by atoms with van der Waals surface area (Å²) in [5.41, 5.74) is 2.83. The second kappa shape index (κ2) is 7.22. The lowest BCUT2D eigenvalue weighted by molar-refractivity contribution is -0.143. The number of likely N-dealkylation sites (tertiary alicyclic amines) is 1. The maximum atomic E-state index is 11.9. The molecule has 0 aliphatic carbocycles. The summed E-state index contributed by atoms with van der Waals surface area (Å²) < 4.78 is 5.87. The van der Waals surface area contributed by atoms with E-state index in [9.17, 15) is 9.90 Å².